The number of carbonyl (C=O) groups excluding carboxylic acids is 1. The van der Waals surface area contributed by atoms with Crippen molar-refractivity contribution in [2.24, 2.45) is 13.0 Å². The number of nitrogens with one attached hydrogen (secondary N) is 1. The molecule has 2 fully saturated rings. The van der Waals surface area contributed by atoms with Crippen molar-refractivity contribution in [2.45, 2.75) is 44.2 Å². The van der Waals surface area contributed by atoms with Crippen molar-refractivity contribution in [1.29, 1.82) is 0 Å². The number of ketones is 1. The van der Waals surface area contributed by atoms with Gasteiger partial charge in [-0.15, -0.1) is 5.10 Å². The summed E-state index contributed by atoms with van der Waals surface area (Å²) in [5.41, 5.74) is 0.598. The number of carbonyl (C=O) groups is 1. The Hall–Kier alpha value is -0.750. The average Bonchev–Trinajstić information content (AvgIpc) is 2.82. The molecule has 0 radical (unpaired) electrons. The topological polar surface area (TPSA) is 59.8 Å². The first-order valence-electron chi connectivity index (χ1n) is 6.48. The van der Waals surface area contributed by atoms with Crippen LogP contribution in [-0.2, 0) is 7.05 Å². The first kappa shape index (κ1) is 12.3. The molecular weight excluding hydrogens is 296 g/mol. The summed E-state index contributed by atoms with van der Waals surface area (Å²) >= 11 is 3.29. The van der Waals surface area contributed by atoms with E-state index < -0.39 is 0 Å². The van der Waals surface area contributed by atoms with E-state index in [0.29, 0.717) is 34.7 Å². The Bertz CT molecular complexity index is 441. The van der Waals surface area contributed by atoms with Gasteiger partial charge in [0, 0.05) is 25.6 Å². The molecule has 2 aliphatic heterocycles. The second-order valence-electron chi connectivity index (χ2n) is 5.46. The number of piperidine rings is 1. The molecule has 6 heteroatoms. The van der Waals surface area contributed by atoms with E-state index in [4.69, 9.17) is 0 Å². The van der Waals surface area contributed by atoms with Crippen molar-refractivity contribution in [1.82, 2.24) is 20.3 Å². The minimum atomic E-state index is 0.153. The molecule has 0 saturated carbocycles. The predicted octanol–water partition coefficient (Wildman–Crippen LogP) is 1.68. The smallest absolute Gasteiger partial charge is 0.183 e. The molecule has 2 atom stereocenters. The number of rotatable bonds is 3. The van der Waals surface area contributed by atoms with Crippen molar-refractivity contribution in [3.8, 4) is 0 Å². The number of aromatic nitrogens is 3. The molecule has 0 aromatic carbocycles. The second kappa shape index (κ2) is 4.74. The van der Waals surface area contributed by atoms with Gasteiger partial charge in [-0.3, -0.25) is 4.79 Å². The first-order valence-corrected chi connectivity index (χ1v) is 7.27. The summed E-state index contributed by atoms with van der Waals surface area (Å²) in [4.78, 5) is 12.3. The van der Waals surface area contributed by atoms with Gasteiger partial charge in [0.15, 0.2) is 10.4 Å². The fraction of sp³-hybridized carbons (Fsp3) is 0.750. The molecule has 3 rings (SSSR count). The molecule has 0 aliphatic carbocycles. The first-order chi connectivity index (χ1) is 8.63. The highest BCUT2D eigenvalue weighted by molar-refractivity contribution is 9.10. The summed E-state index contributed by atoms with van der Waals surface area (Å²) in [6.07, 6.45) is 5.42. The van der Waals surface area contributed by atoms with Gasteiger partial charge in [-0.1, -0.05) is 5.21 Å². The summed E-state index contributed by atoms with van der Waals surface area (Å²) in [6, 6.07) is 1.27. The molecule has 2 unspecified atom stereocenters. The summed E-state index contributed by atoms with van der Waals surface area (Å²) < 4.78 is 2.12. The lowest BCUT2D eigenvalue weighted by Crippen LogP contribution is -2.38. The molecule has 98 valence electrons. The van der Waals surface area contributed by atoms with Crippen molar-refractivity contribution in [3.63, 3.8) is 0 Å². The number of hydrogen-bond donors (Lipinski definition) is 1. The fourth-order valence-corrected chi connectivity index (χ4v) is 3.88. The zero-order valence-corrected chi connectivity index (χ0v) is 12.0. The maximum absolute atomic E-state index is 12.3. The lowest BCUT2D eigenvalue weighted by molar-refractivity contribution is 0.0935. The Balaban J connectivity index is 1.68. The normalized spacial score (nSPS) is 30.7. The van der Waals surface area contributed by atoms with Crippen LogP contribution in [0.3, 0.4) is 0 Å². The van der Waals surface area contributed by atoms with Crippen molar-refractivity contribution < 1.29 is 4.79 Å². The van der Waals surface area contributed by atoms with Gasteiger partial charge in [-0.05, 0) is 47.5 Å². The van der Waals surface area contributed by atoms with Crippen LogP contribution in [0.4, 0.5) is 0 Å². The molecule has 0 spiro atoms. The molecule has 2 saturated heterocycles. The average molecular weight is 313 g/mol. The number of nitrogens with zero attached hydrogens (tertiary/aromatic N) is 3. The Morgan fingerprint density at radius 2 is 2.11 bits per heavy atom. The van der Waals surface area contributed by atoms with Crippen LogP contribution in [0.2, 0.25) is 0 Å². The van der Waals surface area contributed by atoms with Gasteiger partial charge in [-0.2, -0.15) is 0 Å². The Morgan fingerprint density at radius 3 is 2.67 bits per heavy atom. The van der Waals surface area contributed by atoms with Gasteiger partial charge in [0.05, 0.1) is 0 Å². The molecule has 2 aliphatic rings. The van der Waals surface area contributed by atoms with E-state index in [9.17, 15) is 4.79 Å². The largest absolute Gasteiger partial charge is 0.311 e. The van der Waals surface area contributed by atoms with E-state index in [2.05, 4.69) is 31.6 Å². The predicted molar refractivity (Wildman–Crippen MR) is 70.3 cm³/mol. The third-order valence-corrected chi connectivity index (χ3v) is 4.63. The quantitative estimate of drug-likeness (QED) is 0.863. The van der Waals surface area contributed by atoms with Crippen LogP contribution in [0.15, 0.2) is 4.60 Å². The van der Waals surface area contributed by atoms with Crippen LogP contribution < -0.4 is 5.32 Å². The summed E-state index contributed by atoms with van der Waals surface area (Å²) in [7, 11) is 1.76. The van der Waals surface area contributed by atoms with Crippen LogP contribution in [-0.4, -0.2) is 32.9 Å². The Morgan fingerprint density at radius 1 is 1.44 bits per heavy atom. The van der Waals surface area contributed by atoms with E-state index in [0.717, 1.165) is 12.8 Å². The van der Waals surface area contributed by atoms with Crippen LogP contribution >= 0.6 is 15.9 Å². The summed E-state index contributed by atoms with van der Waals surface area (Å²) in [5, 5.41) is 11.3. The van der Waals surface area contributed by atoms with Gasteiger partial charge in [0.2, 0.25) is 0 Å². The molecule has 18 heavy (non-hydrogen) atoms. The van der Waals surface area contributed by atoms with Gasteiger partial charge in [-0.25, -0.2) is 4.68 Å². The minimum Gasteiger partial charge on any atom is -0.311 e. The van der Waals surface area contributed by atoms with Crippen molar-refractivity contribution in [3.05, 3.63) is 10.3 Å². The van der Waals surface area contributed by atoms with E-state index >= 15 is 0 Å². The van der Waals surface area contributed by atoms with Crippen LogP contribution in [0.1, 0.15) is 42.6 Å². The molecule has 0 amide bonds. The highest BCUT2D eigenvalue weighted by Gasteiger charge is 2.34. The van der Waals surface area contributed by atoms with Gasteiger partial charge >= 0.3 is 0 Å². The monoisotopic (exact) mass is 312 g/mol. The van der Waals surface area contributed by atoms with Crippen molar-refractivity contribution >= 4 is 21.7 Å². The third kappa shape index (κ3) is 2.23. The summed E-state index contributed by atoms with van der Waals surface area (Å²) in [5.74, 6) is 0.665. The zero-order chi connectivity index (χ0) is 12.7. The lowest BCUT2D eigenvalue weighted by Gasteiger charge is -2.28. The highest BCUT2D eigenvalue weighted by Crippen LogP contribution is 2.33. The molecule has 5 nitrogen and oxygen atoms in total. The molecule has 3 heterocycles. The Kier molecular flexibility index (Phi) is 3.23. The van der Waals surface area contributed by atoms with Gasteiger partial charge in [0.25, 0.3) is 0 Å². The van der Waals surface area contributed by atoms with Crippen LogP contribution in [0.25, 0.3) is 0 Å². The number of Topliss-reactive ketones (excluding diaryl/α,β-unsaturated/α-hetero) is 1. The Labute approximate surface area is 114 Å². The molecule has 1 aromatic rings. The number of halogens is 1. The minimum absolute atomic E-state index is 0.153. The molecular formula is C12H17BrN4O. The maximum atomic E-state index is 12.3. The SMILES string of the molecule is Cn1nnc(Br)c1C(=O)CC1CC2CCC(C1)N2. The summed E-state index contributed by atoms with van der Waals surface area (Å²) in [6.45, 7) is 0. The van der Waals surface area contributed by atoms with Crippen LogP contribution in [0.5, 0.6) is 0 Å². The maximum Gasteiger partial charge on any atom is 0.183 e. The highest BCUT2D eigenvalue weighted by atomic mass is 79.9. The van der Waals surface area contributed by atoms with Gasteiger partial charge < -0.3 is 5.32 Å². The van der Waals surface area contributed by atoms with Crippen LogP contribution in [0, 0.1) is 5.92 Å². The second-order valence-corrected chi connectivity index (χ2v) is 6.21. The molecule has 1 N–H and O–H groups in total. The van der Waals surface area contributed by atoms with E-state index in [1.54, 1.807) is 11.7 Å². The van der Waals surface area contributed by atoms with Gasteiger partial charge in [0.1, 0.15) is 5.69 Å². The fourth-order valence-electron chi connectivity index (χ4n) is 3.33. The van der Waals surface area contributed by atoms with E-state index in [1.165, 1.54) is 12.8 Å². The van der Waals surface area contributed by atoms with Crippen molar-refractivity contribution in [2.75, 3.05) is 0 Å². The molecule has 2 bridgehead atoms. The number of hydrogen-bond acceptors (Lipinski definition) is 4. The van der Waals surface area contributed by atoms with E-state index in [-0.39, 0.29) is 5.78 Å². The number of fused-ring (bicyclic) bond motifs is 2. The molecule has 1 aromatic heterocycles. The van der Waals surface area contributed by atoms with E-state index in [1.807, 2.05) is 0 Å². The number of aryl methyl sites for hydroxylation is 1. The third-order valence-electron chi connectivity index (χ3n) is 4.09. The zero-order valence-electron chi connectivity index (χ0n) is 10.4. The standard InChI is InChI=1S/C12H17BrN4O/c1-17-11(12(13)15-16-17)10(18)6-7-4-8-2-3-9(5-7)14-8/h7-9,14H,2-6H2,1H3. The lowest BCUT2D eigenvalue weighted by atomic mass is 9.88.